The second-order valence-electron chi connectivity index (χ2n) is 18.1. The number of nitrogens with zero attached hydrogens (tertiary/aromatic N) is 4. The molecule has 324 valence electrons. The summed E-state index contributed by atoms with van der Waals surface area (Å²) in [5, 5.41) is 16.0. The lowest BCUT2D eigenvalue weighted by molar-refractivity contribution is 0.488. The van der Waals surface area contributed by atoms with Gasteiger partial charge in [0.15, 0.2) is 16.1 Å². The van der Waals surface area contributed by atoms with Crippen LogP contribution < -0.4 is 46.2 Å². The van der Waals surface area contributed by atoms with Gasteiger partial charge in [0.1, 0.15) is 22.8 Å². The fourth-order valence-corrected chi connectivity index (χ4v) is 21.6. The van der Waals surface area contributed by atoms with Crippen LogP contribution in [0.5, 0.6) is 11.5 Å². The number of aromatic nitrogens is 4. The van der Waals surface area contributed by atoms with Crippen LogP contribution in [-0.2, 0) is 0 Å². The van der Waals surface area contributed by atoms with Crippen LogP contribution in [0.4, 0.5) is 0 Å². The van der Waals surface area contributed by atoms with E-state index in [-0.39, 0.29) is 0 Å². The highest BCUT2D eigenvalue weighted by atomic mass is 28.3. The first kappa shape index (κ1) is 39.5. The zero-order valence-corrected chi connectivity index (χ0v) is 39.4. The third-order valence-electron chi connectivity index (χ3n) is 14.7. The number of rotatable bonds is 7. The van der Waals surface area contributed by atoms with Crippen molar-refractivity contribution in [3.8, 4) is 17.2 Å². The molecule has 5 heterocycles. The minimum Gasteiger partial charge on any atom is -0.458 e. The van der Waals surface area contributed by atoms with Gasteiger partial charge < -0.3 is 4.74 Å². The molecule has 0 atom stereocenters. The number of hydrogen-bond acceptors (Lipinski definition) is 3. The molecule has 1 aliphatic heterocycles. The molecule has 0 amide bonds. The van der Waals surface area contributed by atoms with E-state index in [1.54, 1.807) is 0 Å². The molecule has 0 fully saturated rings. The summed E-state index contributed by atoms with van der Waals surface area (Å²) < 4.78 is 11.7. The Morgan fingerprint density at radius 3 is 1.75 bits per heavy atom. The summed E-state index contributed by atoms with van der Waals surface area (Å²) in [5.41, 5.74) is 5.16. The average Bonchev–Trinajstić information content (AvgIpc) is 4.05. The molecule has 0 N–H and O–H groups in total. The highest BCUT2D eigenvalue weighted by Crippen LogP contribution is 2.37. The van der Waals surface area contributed by atoms with Gasteiger partial charge in [-0.25, -0.2) is 9.97 Å². The van der Waals surface area contributed by atoms with Gasteiger partial charge in [-0.05, 0) is 95.4 Å². The van der Waals surface area contributed by atoms with Crippen LogP contribution in [0.1, 0.15) is 0 Å². The van der Waals surface area contributed by atoms with Crippen LogP contribution in [0, 0.1) is 0 Å². The van der Waals surface area contributed by atoms with Gasteiger partial charge in [0.25, 0.3) is 0 Å². The minimum absolute atomic E-state index is 0.896. The third-order valence-corrected chi connectivity index (χ3v) is 24.3. The lowest BCUT2D eigenvalue weighted by atomic mass is 10.1. The number of ether oxygens (including phenoxy) is 1. The highest BCUT2D eigenvalue weighted by molar-refractivity contribution is 7.21. The Bertz CT molecular complexity index is 4040. The van der Waals surface area contributed by atoms with E-state index in [1.165, 1.54) is 52.3 Å². The predicted molar refractivity (Wildman–Crippen MR) is 290 cm³/mol. The van der Waals surface area contributed by atoms with Crippen LogP contribution in [-0.4, -0.2) is 35.1 Å². The van der Waals surface area contributed by atoms with E-state index in [2.05, 4.69) is 246 Å². The second-order valence-corrected chi connectivity index (χ2v) is 25.6. The van der Waals surface area contributed by atoms with Crippen molar-refractivity contribution in [1.82, 2.24) is 18.9 Å². The number of fused-ring (bicyclic) bond motifs is 11. The molecule has 14 rings (SSSR count). The van der Waals surface area contributed by atoms with Crippen molar-refractivity contribution in [2.24, 2.45) is 0 Å². The Labute approximate surface area is 400 Å². The SMILES string of the molecule is c1ccc([Si](c2ccccc2)(c2cccc(-n3c4cc5c(cc4c4cccnc43)Oc3ccccc3[Si]5(c3ccccc3)c3ccccc3)c2)c2ccc3c4ccccc4n4ccnc4c3c2)cc1. The molecule has 13 aromatic rings. The molecule has 0 saturated heterocycles. The van der Waals surface area contributed by atoms with E-state index in [0.29, 0.717) is 0 Å². The van der Waals surface area contributed by atoms with Crippen LogP contribution in [0.3, 0.4) is 0 Å². The number of hydrogen-bond donors (Lipinski definition) is 0. The zero-order chi connectivity index (χ0) is 45.5. The van der Waals surface area contributed by atoms with Gasteiger partial charge >= 0.3 is 0 Å². The van der Waals surface area contributed by atoms with E-state index < -0.39 is 16.1 Å². The maximum absolute atomic E-state index is 7.04. The van der Waals surface area contributed by atoms with E-state index in [9.17, 15) is 0 Å². The van der Waals surface area contributed by atoms with Crippen LogP contribution in [0.15, 0.2) is 255 Å². The molecule has 5 nitrogen and oxygen atoms in total. The molecular weight excluding hydrogens is 873 g/mol. The Hall–Kier alpha value is -8.63. The van der Waals surface area contributed by atoms with Gasteiger partial charge in [-0.2, -0.15) is 0 Å². The average molecular weight is 915 g/mol. The van der Waals surface area contributed by atoms with Gasteiger partial charge in [-0.1, -0.05) is 188 Å². The first-order chi connectivity index (χ1) is 34.2. The molecule has 7 heteroatoms. The summed E-state index contributed by atoms with van der Waals surface area (Å²) in [6.07, 6.45) is 5.92. The molecule has 0 aliphatic carbocycles. The summed E-state index contributed by atoms with van der Waals surface area (Å²) in [5.74, 6) is 1.81. The lowest BCUT2D eigenvalue weighted by Crippen LogP contribution is -2.76. The molecule has 4 aromatic heterocycles. The molecule has 0 unspecified atom stereocenters. The molecule has 0 spiro atoms. The van der Waals surface area contributed by atoms with Crippen LogP contribution in [0.2, 0.25) is 0 Å². The maximum atomic E-state index is 7.04. The van der Waals surface area contributed by atoms with Crippen molar-refractivity contribution in [2.45, 2.75) is 0 Å². The third kappa shape index (κ3) is 5.69. The van der Waals surface area contributed by atoms with E-state index >= 15 is 0 Å². The molecular formula is C62H42N4OSi2. The van der Waals surface area contributed by atoms with Crippen molar-refractivity contribution in [3.05, 3.63) is 255 Å². The topological polar surface area (TPSA) is 44.4 Å². The molecule has 1 aliphatic rings. The van der Waals surface area contributed by atoms with E-state index in [4.69, 9.17) is 14.7 Å². The zero-order valence-electron chi connectivity index (χ0n) is 37.4. The normalized spacial score (nSPS) is 13.2. The van der Waals surface area contributed by atoms with Crippen molar-refractivity contribution in [1.29, 1.82) is 0 Å². The van der Waals surface area contributed by atoms with E-state index in [0.717, 1.165) is 55.7 Å². The summed E-state index contributed by atoms with van der Waals surface area (Å²) in [6, 6.07) is 87.5. The molecule has 0 saturated carbocycles. The highest BCUT2D eigenvalue weighted by Gasteiger charge is 2.48. The number of para-hydroxylation sites is 2. The van der Waals surface area contributed by atoms with Gasteiger partial charge in [-0.15, -0.1) is 0 Å². The van der Waals surface area contributed by atoms with Crippen molar-refractivity contribution < 1.29 is 4.74 Å². The Kier molecular flexibility index (Phi) is 8.86. The quantitative estimate of drug-likeness (QED) is 0.0912. The Morgan fingerprint density at radius 1 is 0.377 bits per heavy atom. The summed E-state index contributed by atoms with van der Waals surface area (Å²) >= 11 is 0. The number of pyridine rings is 2. The van der Waals surface area contributed by atoms with Gasteiger partial charge in [0.05, 0.1) is 11.0 Å². The fraction of sp³-hybridized carbons (Fsp3) is 0. The summed E-state index contributed by atoms with van der Waals surface area (Å²) in [4.78, 5) is 10.2. The summed E-state index contributed by atoms with van der Waals surface area (Å²) in [6.45, 7) is 0. The van der Waals surface area contributed by atoms with Gasteiger partial charge in [0, 0.05) is 45.8 Å². The maximum Gasteiger partial charge on any atom is 0.188 e. The molecule has 0 bridgehead atoms. The van der Waals surface area contributed by atoms with Gasteiger partial charge in [0.2, 0.25) is 0 Å². The van der Waals surface area contributed by atoms with E-state index in [1.807, 2.05) is 18.5 Å². The van der Waals surface area contributed by atoms with Crippen LogP contribution >= 0.6 is 0 Å². The number of benzene rings is 9. The predicted octanol–water partition coefficient (Wildman–Crippen LogP) is 8.99. The fourth-order valence-electron chi connectivity index (χ4n) is 11.9. The Morgan fingerprint density at radius 2 is 1.00 bits per heavy atom. The summed E-state index contributed by atoms with van der Waals surface area (Å²) in [7, 11) is -6.04. The lowest BCUT2D eigenvalue weighted by Gasteiger charge is -2.39. The van der Waals surface area contributed by atoms with Crippen molar-refractivity contribution >= 4 is 107 Å². The first-order valence-corrected chi connectivity index (χ1v) is 27.5. The van der Waals surface area contributed by atoms with Crippen molar-refractivity contribution in [2.75, 3.05) is 0 Å². The minimum atomic E-state index is -3.09. The Balaban J connectivity index is 1.07. The smallest absolute Gasteiger partial charge is 0.188 e. The molecule has 9 aromatic carbocycles. The number of imidazole rings is 1. The largest absolute Gasteiger partial charge is 0.458 e. The van der Waals surface area contributed by atoms with Crippen LogP contribution in [0.25, 0.3) is 54.9 Å². The first-order valence-electron chi connectivity index (χ1n) is 23.5. The molecule has 69 heavy (non-hydrogen) atoms. The monoisotopic (exact) mass is 914 g/mol. The standard InChI is InChI=1S/C62H42N4OSi2/c1-5-20-44(21-6-1)68(45-22-7-2-8-23-45,49-34-35-50-51-29-13-14-31-55(51)65-38-37-64-61(65)54(50)40-49)48-28-17-19-43(39-48)66-56-42-60-58(41-53(56)52-30-18-36-63-62(52)66)67-57-32-15-16-33-59(57)69(60,46-24-9-3-10-25-46)47-26-11-4-12-27-47/h1-42H. The van der Waals surface area contributed by atoms with Crippen molar-refractivity contribution in [3.63, 3.8) is 0 Å². The molecule has 0 radical (unpaired) electrons. The second kappa shape index (κ2) is 15.5. The van der Waals surface area contributed by atoms with Gasteiger partial charge in [-0.3, -0.25) is 8.97 Å².